The fourth-order valence-electron chi connectivity index (χ4n) is 4.17. The summed E-state index contributed by atoms with van der Waals surface area (Å²) in [5.41, 5.74) is 0.916. The van der Waals surface area contributed by atoms with E-state index < -0.39 is 5.60 Å². The maximum Gasteiger partial charge on any atom is 0.233 e. The molecule has 4 heteroatoms. The van der Waals surface area contributed by atoms with Crippen LogP contribution in [-0.4, -0.2) is 39.2 Å². The van der Waals surface area contributed by atoms with Crippen LogP contribution < -0.4 is 0 Å². The van der Waals surface area contributed by atoms with Crippen molar-refractivity contribution in [3.05, 3.63) is 35.9 Å². The van der Waals surface area contributed by atoms with E-state index in [2.05, 4.69) is 35.2 Å². The van der Waals surface area contributed by atoms with E-state index in [1.807, 2.05) is 0 Å². The second-order valence-electron chi connectivity index (χ2n) is 7.62. The first-order chi connectivity index (χ1) is 12.2. The molecule has 2 aliphatic rings. The van der Waals surface area contributed by atoms with Gasteiger partial charge in [-0.05, 0) is 50.5 Å². The van der Waals surface area contributed by atoms with E-state index in [0.29, 0.717) is 11.1 Å². The standard InChI is InChI=1S/C21H31NO2S/c23-19-17-25-20(12-7-11-18-9-3-1-4-10-18)22(19)16-8-15-21(24)13-5-2-6-14-21/h1,3-4,9-10,20,24H,2,5-8,11-17H2. The zero-order chi connectivity index (χ0) is 17.5. The normalized spacial score (nSPS) is 23.2. The van der Waals surface area contributed by atoms with Crippen molar-refractivity contribution in [3.63, 3.8) is 0 Å². The molecule has 2 fully saturated rings. The number of hydrogen-bond acceptors (Lipinski definition) is 3. The highest BCUT2D eigenvalue weighted by Gasteiger charge is 2.33. The van der Waals surface area contributed by atoms with Gasteiger partial charge in [0.2, 0.25) is 5.91 Å². The molecule has 1 saturated carbocycles. The first-order valence-corrected chi connectivity index (χ1v) is 10.9. The molecule has 0 aromatic heterocycles. The number of aliphatic hydroxyl groups is 1. The Hall–Kier alpha value is -1.00. The molecule has 1 heterocycles. The predicted octanol–water partition coefficient (Wildman–Crippen LogP) is 4.39. The van der Waals surface area contributed by atoms with Crippen molar-refractivity contribution in [2.24, 2.45) is 0 Å². The van der Waals surface area contributed by atoms with Gasteiger partial charge in [-0.3, -0.25) is 4.79 Å². The highest BCUT2D eigenvalue weighted by molar-refractivity contribution is 8.00. The highest BCUT2D eigenvalue weighted by Crippen LogP contribution is 2.33. The van der Waals surface area contributed by atoms with Crippen LogP contribution >= 0.6 is 11.8 Å². The summed E-state index contributed by atoms with van der Waals surface area (Å²) in [6.07, 6.45) is 10.5. The smallest absolute Gasteiger partial charge is 0.233 e. The summed E-state index contributed by atoms with van der Waals surface area (Å²) < 4.78 is 0. The summed E-state index contributed by atoms with van der Waals surface area (Å²) in [6.45, 7) is 0.810. The fourth-order valence-corrected chi connectivity index (χ4v) is 5.41. The Morgan fingerprint density at radius 3 is 2.64 bits per heavy atom. The second-order valence-corrected chi connectivity index (χ2v) is 8.79. The van der Waals surface area contributed by atoms with Gasteiger partial charge >= 0.3 is 0 Å². The third kappa shape index (κ3) is 5.49. The lowest BCUT2D eigenvalue weighted by atomic mass is 9.82. The van der Waals surface area contributed by atoms with Gasteiger partial charge in [-0.1, -0.05) is 49.6 Å². The van der Waals surface area contributed by atoms with Crippen molar-refractivity contribution in [2.45, 2.75) is 75.2 Å². The number of thioether (sulfide) groups is 1. The summed E-state index contributed by atoms with van der Waals surface area (Å²) >= 11 is 1.79. The molecule has 0 bridgehead atoms. The van der Waals surface area contributed by atoms with Crippen molar-refractivity contribution in [3.8, 4) is 0 Å². The van der Waals surface area contributed by atoms with Crippen LogP contribution in [0, 0.1) is 0 Å². The van der Waals surface area contributed by atoms with Crippen LogP contribution in [0.25, 0.3) is 0 Å². The van der Waals surface area contributed by atoms with Crippen LogP contribution in [0.3, 0.4) is 0 Å². The third-order valence-corrected chi connectivity index (χ3v) is 6.94. The average molecular weight is 362 g/mol. The number of aryl methyl sites for hydroxylation is 1. The SMILES string of the molecule is O=C1CSC(CCCc2ccccc2)N1CCCC1(O)CCCCC1. The minimum Gasteiger partial charge on any atom is -0.390 e. The lowest BCUT2D eigenvalue weighted by Crippen LogP contribution is -2.36. The Labute approximate surface area is 156 Å². The van der Waals surface area contributed by atoms with Gasteiger partial charge in [0.25, 0.3) is 0 Å². The van der Waals surface area contributed by atoms with Gasteiger partial charge in [-0.15, -0.1) is 11.8 Å². The van der Waals surface area contributed by atoms with Crippen molar-refractivity contribution >= 4 is 17.7 Å². The van der Waals surface area contributed by atoms with Gasteiger partial charge in [0, 0.05) is 6.54 Å². The zero-order valence-corrected chi connectivity index (χ0v) is 16.0. The monoisotopic (exact) mass is 361 g/mol. The van der Waals surface area contributed by atoms with Crippen molar-refractivity contribution in [1.82, 2.24) is 4.90 Å². The summed E-state index contributed by atoms with van der Waals surface area (Å²) in [7, 11) is 0. The van der Waals surface area contributed by atoms with Crippen LogP contribution in [0.5, 0.6) is 0 Å². The first-order valence-electron chi connectivity index (χ1n) is 9.84. The number of benzene rings is 1. The van der Waals surface area contributed by atoms with Gasteiger partial charge in [0.05, 0.1) is 16.7 Å². The van der Waals surface area contributed by atoms with E-state index >= 15 is 0 Å². The van der Waals surface area contributed by atoms with Gasteiger partial charge in [0.1, 0.15) is 0 Å². The summed E-state index contributed by atoms with van der Waals surface area (Å²) in [5, 5.41) is 11.0. The quantitative estimate of drug-likeness (QED) is 0.747. The maximum absolute atomic E-state index is 12.2. The Balaban J connectivity index is 1.41. The van der Waals surface area contributed by atoms with E-state index in [1.54, 1.807) is 11.8 Å². The topological polar surface area (TPSA) is 40.5 Å². The maximum atomic E-state index is 12.2. The lowest BCUT2D eigenvalue weighted by molar-refractivity contribution is -0.128. The Bertz CT molecular complexity index is 542. The molecule has 138 valence electrons. The second kappa shape index (κ2) is 9.09. The number of rotatable bonds is 8. The average Bonchev–Trinajstić information content (AvgIpc) is 2.97. The molecular formula is C21H31NO2S. The van der Waals surface area contributed by atoms with Crippen molar-refractivity contribution in [2.75, 3.05) is 12.3 Å². The number of carbonyl (C=O) groups is 1. The van der Waals surface area contributed by atoms with Crippen molar-refractivity contribution < 1.29 is 9.90 Å². The predicted molar refractivity (Wildman–Crippen MR) is 105 cm³/mol. The highest BCUT2D eigenvalue weighted by atomic mass is 32.2. The van der Waals surface area contributed by atoms with E-state index in [9.17, 15) is 9.90 Å². The molecule has 1 amide bonds. The van der Waals surface area contributed by atoms with Crippen molar-refractivity contribution in [1.29, 1.82) is 0 Å². The van der Waals surface area contributed by atoms with E-state index in [-0.39, 0.29) is 5.91 Å². The van der Waals surface area contributed by atoms with E-state index in [0.717, 1.165) is 64.3 Å². The first kappa shape index (κ1) is 18.8. The minimum atomic E-state index is -0.461. The van der Waals surface area contributed by atoms with Crippen LogP contribution in [-0.2, 0) is 11.2 Å². The molecule has 1 atom stereocenters. The largest absolute Gasteiger partial charge is 0.390 e. The van der Waals surface area contributed by atoms with E-state index in [1.165, 1.54) is 12.0 Å². The number of nitrogens with zero attached hydrogens (tertiary/aromatic N) is 1. The van der Waals surface area contributed by atoms with E-state index in [4.69, 9.17) is 0 Å². The molecular weight excluding hydrogens is 330 g/mol. The number of amides is 1. The zero-order valence-electron chi connectivity index (χ0n) is 15.2. The number of hydrogen-bond donors (Lipinski definition) is 1. The molecule has 1 aliphatic heterocycles. The molecule has 1 aromatic rings. The Morgan fingerprint density at radius 2 is 1.88 bits per heavy atom. The fraction of sp³-hybridized carbons (Fsp3) is 0.667. The van der Waals surface area contributed by atoms with Crippen LogP contribution in [0.1, 0.15) is 63.4 Å². The molecule has 0 radical (unpaired) electrons. The molecule has 3 nitrogen and oxygen atoms in total. The van der Waals surface area contributed by atoms with Crippen LogP contribution in [0.4, 0.5) is 0 Å². The molecule has 1 aromatic carbocycles. The van der Waals surface area contributed by atoms with Gasteiger partial charge in [0.15, 0.2) is 0 Å². The van der Waals surface area contributed by atoms with Gasteiger partial charge in [-0.25, -0.2) is 0 Å². The molecule has 0 spiro atoms. The summed E-state index contributed by atoms with van der Waals surface area (Å²) in [4.78, 5) is 14.3. The Morgan fingerprint density at radius 1 is 1.12 bits per heavy atom. The summed E-state index contributed by atoms with van der Waals surface area (Å²) in [5.74, 6) is 0.908. The lowest BCUT2D eigenvalue weighted by Gasteiger charge is -2.33. The number of carbonyl (C=O) groups excluding carboxylic acids is 1. The minimum absolute atomic E-state index is 0.283. The van der Waals surface area contributed by atoms with Crippen LogP contribution in [0.2, 0.25) is 0 Å². The molecule has 1 unspecified atom stereocenters. The third-order valence-electron chi connectivity index (χ3n) is 5.65. The van der Waals surface area contributed by atoms with Crippen LogP contribution in [0.15, 0.2) is 30.3 Å². The Kier molecular flexibility index (Phi) is 6.83. The molecule has 1 saturated heterocycles. The molecule has 3 rings (SSSR count). The molecule has 25 heavy (non-hydrogen) atoms. The molecule has 1 aliphatic carbocycles. The summed E-state index contributed by atoms with van der Waals surface area (Å²) in [6, 6.07) is 10.6. The van der Waals surface area contributed by atoms with Gasteiger partial charge in [-0.2, -0.15) is 0 Å². The van der Waals surface area contributed by atoms with Gasteiger partial charge < -0.3 is 10.0 Å². The molecule has 1 N–H and O–H groups in total.